The predicted octanol–water partition coefficient (Wildman–Crippen LogP) is 3.61. The van der Waals surface area contributed by atoms with Crippen LogP contribution in [0.4, 0.5) is 5.95 Å². The normalized spacial score (nSPS) is 15.1. The van der Waals surface area contributed by atoms with E-state index >= 15 is 0 Å². The Hall–Kier alpha value is -2.29. The van der Waals surface area contributed by atoms with Crippen LogP contribution in [0.2, 0.25) is 0 Å². The number of hydrogen-bond donors (Lipinski definition) is 1. The van der Waals surface area contributed by atoms with Gasteiger partial charge in [-0.2, -0.15) is 0 Å². The fourth-order valence-corrected chi connectivity index (χ4v) is 4.18. The molecule has 1 fully saturated rings. The zero-order chi connectivity index (χ0) is 19.3. The number of nitrogens with zero attached hydrogens (tertiary/aromatic N) is 4. The molecule has 148 valence electrons. The molecule has 0 bridgehead atoms. The van der Waals surface area contributed by atoms with Crippen molar-refractivity contribution in [2.24, 2.45) is 0 Å². The predicted molar refractivity (Wildman–Crippen MR) is 111 cm³/mol. The zero-order valence-corrected chi connectivity index (χ0v) is 17.1. The average Bonchev–Trinajstić information content (AvgIpc) is 3.34. The molecule has 0 aromatic carbocycles. The summed E-state index contributed by atoms with van der Waals surface area (Å²) in [6.07, 6.45) is 2.87. The Morgan fingerprint density at radius 2 is 2.11 bits per heavy atom. The lowest BCUT2D eigenvalue weighted by Crippen LogP contribution is -2.37. The number of thiophene rings is 1. The summed E-state index contributed by atoms with van der Waals surface area (Å²) in [5, 5.41) is 9.46. The molecule has 1 saturated heterocycles. The molecule has 1 N–H and O–H groups in total. The van der Waals surface area contributed by atoms with Crippen molar-refractivity contribution in [1.82, 2.24) is 20.0 Å². The molecule has 8 heteroatoms. The Kier molecular flexibility index (Phi) is 5.99. The Morgan fingerprint density at radius 1 is 1.25 bits per heavy atom. The molecule has 4 rings (SSSR count). The Balaban J connectivity index is 1.49. The van der Waals surface area contributed by atoms with E-state index in [-0.39, 0.29) is 0 Å². The molecule has 3 aromatic rings. The summed E-state index contributed by atoms with van der Waals surface area (Å²) in [5.41, 5.74) is 3.79. The molecule has 0 saturated carbocycles. The zero-order valence-electron chi connectivity index (χ0n) is 16.3. The SMILES string of the molecule is Cc1cc(-c2cnc(NCCCN3CCOCC3)nc2-c2sccc2C)on1. The third-order valence-corrected chi connectivity index (χ3v) is 5.82. The number of aryl methyl sites for hydroxylation is 2. The van der Waals surface area contributed by atoms with Crippen LogP contribution in [-0.4, -0.2) is 59.4 Å². The molecule has 0 unspecified atom stereocenters. The van der Waals surface area contributed by atoms with Crippen molar-refractivity contribution < 1.29 is 9.26 Å². The molecule has 0 spiro atoms. The highest BCUT2D eigenvalue weighted by Crippen LogP contribution is 2.36. The molecule has 28 heavy (non-hydrogen) atoms. The Labute approximate surface area is 168 Å². The Morgan fingerprint density at radius 3 is 2.82 bits per heavy atom. The van der Waals surface area contributed by atoms with Gasteiger partial charge in [-0.15, -0.1) is 11.3 Å². The van der Waals surface area contributed by atoms with Gasteiger partial charge in [0.1, 0.15) is 0 Å². The molecule has 7 nitrogen and oxygen atoms in total. The van der Waals surface area contributed by atoms with Crippen LogP contribution in [0.5, 0.6) is 0 Å². The van der Waals surface area contributed by atoms with Gasteiger partial charge in [0.05, 0.1) is 35.0 Å². The van der Waals surface area contributed by atoms with Gasteiger partial charge in [0.2, 0.25) is 5.95 Å². The van der Waals surface area contributed by atoms with Gasteiger partial charge < -0.3 is 14.6 Å². The van der Waals surface area contributed by atoms with Gasteiger partial charge in [-0.1, -0.05) is 5.16 Å². The number of rotatable bonds is 7. The molecule has 4 heterocycles. The molecule has 0 atom stereocenters. The summed E-state index contributed by atoms with van der Waals surface area (Å²) in [6.45, 7) is 9.61. The van der Waals surface area contributed by atoms with E-state index < -0.39 is 0 Å². The summed E-state index contributed by atoms with van der Waals surface area (Å²) in [5.74, 6) is 1.34. The standard InChI is InChI=1S/C20H25N5O2S/c1-14-4-11-28-19(14)18-16(17-12-15(2)24-27-17)13-22-20(23-18)21-5-3-6-25-7-9-26-10-8-25/h4,11-13H,3,5-10H2,1-2H3,(H,21,22,23). The van der Waals surface area contributed by atoms with Gasteiger partial charge in [0.25, 0.3) is 0 Å². The van der Waals surface area contributed by atoms with Crippen LogP contribution in [0.1, 0.15) is 17.7 Å². The highest BCUT2D eigenvalue weighted by molar-refractivity contribution is 7.13. The molecule has 1 aliphatic rings. The van der Waals surface area contributed by atoms with E-state index in [0.717, 1.165) is 67.6 Å². The summed E-state index contributed by atoms with van der Waals surface area (Å²) in [7, 11) is 0. The second-order valence-electron chi connectivity index (χ2n) is 6.96. The van der Waals surface area contributed by atoms with Crippen molar-refractivity contribution in [2.45, 2.75) is 20.3 Å². The highest BCUT2D eigenvalue weighted by atomic mass is 32.1. The van der Waals surface area contributed by atoms with Crippen molar-refractivity contribution in [1.29, 1.82) is 0 Å². The molecule has 0 amide bonds. The Bertz CT molecular complexity index is 917. The van der Waals surface area contributed by atoms with E-state index in [2.05, 4.69) is 38.7 Å². The van der Waals surface area contributed by atoms with Crippen LogP contribution in [0.25, 0.3) is 21.9 Å². The number of ether oxygens (including phenoxy) is 1. The highest BCUT2D eigenvalue weighted by Gasteiger charge is 2.17. The summed E-state index contributed by atoms with van der Waals surface area (Å²) >= 11 is 1.68. The maximum atomic E-state index is 5.47. The minimum atomic E-state index is 0.643. The van der Waals surface area contributed by atoms with Gasteiger partial charge >= 0.3 is 0 Å². The molecule has 0 aliphatic carbocycles. The number of nitrogens with one attached hydrogen (secondary N) is 1. The van der Waals surface area contributed by atoms with Gasteiger partial charge in [-0.05, 0) is 43.8 Å². The lowest BCUT2D eigenvalue weighted by atomic mass is 10.1. The van der Waals surface area contributed by atoms with E-state index in [9.17, 15) is 0 Å². The quantitative estimate of drug-likeness (QED) is 0.608. The second-order valence-corrected chi connectivity index (χ2v) is 7.87. The van der Waals surface area contributed by atoms with E-state index in [1.165, 1.54) is 5.56 Å². The first-order chi connectivity index (χ1) is 13.7. The fraction of sp³-hybridized carbons (Fsp3) is 0.450. The van der Waals surface area contributed by atoms with Gasteiger partial charge in [-0.25, -0.2) is 9.97 Å². The third-order valence-electron chi connectivity index (χ3n) is 4.80. The van der Waals surface area contributed by atoms with Crippen molar-refractivity contribution >= 4 is 17.3 Å². The average molecular weight is 400 g/mol. The van der Waals surface area contributed by atoms with Crippen LogP contribution >= 0.6 is 11.3 Å². The van der Waals surface area contributed by atoms with Crippen LogP contribution in [0, 0.1) is 13.8 Å². The van der Waals surface area contributed by atoms with Crippen LogP contribution < -0.4 is 5.32 Å². The van der Waals surface area contributed by atoms with Gasteiger partial charge in [-0.3, -0.25) is 4.90 Å². The van der Waals surface area contributed by atoms with E-state index in [1.807, 2.05) is 19.2 Å². The number of aromatic nitrogens is 3. The fourth-order valence-electron chi connectivity index (χ4n) is 3.25. The maximum absolute atomic E-state index is 5.47. The summed E-state index contributed by atoms with van der Waals surface area (Å²) in [6, 6.07) is 4.02. The lowest BCUT2D eigenvalue weighted by Gasteiger charge is -2.26. The number of hydrogen-bond acceptors (Lipinski definition) is 8. The molecule has 3 aromatic heterocycles. The van der Waals surface area contributed by atoms with Crippen molar-refractivity contribution in [3.63, 3.8) is 0 Å². The first kappa shape index (κ1) is 19.0. The molecule has 1 aliphatic heterocycles. The van der Waals surface area contributed by atoms with Crippen LogP contribution in [0.15, 0.2) is 28.2 Å². The monoisotopic (exact) mass is 399 g/mol. The molecule has 0 radical (unpaired) electrons. The molecular formula is C20H25N5O2S. The maximum Gasteiger partial charge on any atom is 0.223 e. The van der Waals surface area contributed by atoms with Crippen LogP contribution in [-0.2, 0) is 4.74 Å². The smallest absolute Gasteiger partial charge is 0.223 e. The number of anilines is 1. The molecular weight excluding hydrogens is 374 g/mol. The minimum absolute atomic E-state index is 0.643. The topological polar surface area (TPSA) is 76.3 Å². The van der Waals surface area contributed by atoms with E-state index in [1.54, 1.807) is 11.3 Å². The first-order valence-corrected chi connectivity index (χ1v) is 10.5. The van der Waals surface area contributed by atoms with Gasteiger partial charge in [0, 0.05) is 31.9 Å². The van der Waals surface area contributed by atoms with Crippen molar-refractivity contribution in [3.8, 4) is 21.9 Å². The second kappa shape index (κ2) is 8.81. The van der Waals surface area contributed by atoms with Crippen molar-refractivity contribution in [2.75, 3.05) is 44.7 Å². The van der Waals surface area contributed by atoms with E-state index in [4.69, 9.17) is 14.2 Å². The minimum Gasteiger partial charge on any atom is -0.379 e. The largest absolute Gasteiger partial charge is 0.379 e. The summed E-state index contributed by atoms with van der Waals surface area (Å²) in [4.78, 5) is 12.9. The first-order valence-electron chi connectivity index (χ1n) is 9.60. The number of morpholine rings is 1. The third kappa shape index (κ3) is 4.40. The van der Waals surface area contributed by atoms with Crippen molar-refractivity contribution in [3.05, 3.63) is 35.0 Å². The lowest BCUT2D eigenvalue weighted by molar-refractivity contribution is 0.0378. The van der Waals surface area contributed by atoms with E-state index in [0.29, 0.717) is 11.7 Å². The van der Waals surface area contributed by atoms with Crippen LogP contribution in [0.3, 0.4) is 0 Å². The van der Waals surface area contributed by atoms with Gasteiger partial charge in [0.15, 0.2) is 5.76 Å². The summed E-state index contributed by atoms with van der Waals surface area (Å²) < 4.78 is 10.9.